The SMILES string of the molecule is CS(=O)(=O)Nc1ccc(COC(=O)CC(=O)O[C@@H](Cc2c(Cl)c[n+]([O-])cc2Cl)c2ccc(OC(F)F)c(OCC3CC3)c2)cc1OCC1CC1. The van der Waals surface area contributed by atoms with Gasteiger partial charge in [0.2, 0.25) is 10.0 Å². The molecule has 0 amide bonds. The van der Waals surface area contributed by atoms with Crippen LogP contribution in [0, 0.1) is 17.0 Å². The van der Waals surface area contributed by atoms with Crippen LogP contribution in [0.5, 0.6) is 17.2 Å². The number of esters is 2. The number of halogens is 4. The molecule has 0 spiro atoms. The normalized spacial score (nSPS) is 14.9. The molecule has 12 nitrogen and oxygen atoms in total. The Kier molecular flexibility index (Phi) is 12.1. The van der Waals surface area contributed by atoms with Crippen molar-refractivity contribution in [1.29, 1.82) is 0 Å². The van der Waals surface area contributed by atoms with Crippen molar-refractivity contribution in [2.75, 3.05) is 24.2 Å². The molecule has 5 rings (SSSR count). The zero-order valence-electron chi connectivity index (χ0n) is 26.7. The van der Waals surface area contributed by atoms with Crippen LogP contribution in [0.3, 0.4) is 0 Å². The molecule has 1 N–H and O–H groups in total. The first-order chi connectivity index (χ1) is 23.7. The van der Waals surface area contributed by atoms with Crippen LogP contribution in [0.15, 0.2) is 48.8 Å². The van der Waals surface area contributed by atoms with E-state index < -0.39 is 41.1 Å². The summed E-state index contributed by atoms with van der Waals surface area (Å²) >= 11 is 12.6. The number of hydrogen-bond donors (Lipinski definition) is 1. The van der Waals surface area contributed by atoms with Gasteiger partial charge in [-0.25, -0.2) is 8.42 Å². The maximum absolute atomic E-state index is 13.1. The highest BCUT2D eigenvalue weighted by Gasteiger charge is 2.28. The first-order valence-electron chi connectivity index (χ1n) is 15.6. The molecule has 2 aliphatic rings. The van der Waals surface area contributed by atoms with E-state index in [1.807, 2.05) is 0 Å². The summed E-state index contributed by atoms with van der Waals surface area (Å²) in [6.45, 7) is -2.70. The number of carbonyl (C=O) groups is 2. The summed E-state index contributed by atoms with van der Waals surface area (Å²) in [5, 5.41) is 11.8. The molecule has 0 saturated heterocycles. The number of aromatic nitrogens is 1. The Balaban J connectivity index is 1.29. The minimum atomic E-state index is -3.58. The van der Waals surface area contributed by atoms with Gasteiger partial charge in [0.05, 0.1) is 25.2 Å². The molecule has 1 heterocycles. The van der Waals surface area contributed by atoms with E-state index in [2.05, 4.69) is 9.46 Å². The first-order valence-corrected chi connectivity index (χ1v) is 18.2. The van der Waals surface area contributed by atoms with Crippen molar-refractivity contribution in [1.82, 2.24) is 0 Å². The predicted molar refractivity (Wildman–Crippen MR) is 177 cm³/mol. The molecule has 0 bridgehead atoms. The standard InChI is InChI=1S/C33H34Cl2F2N2O10S/c1-50(43,44)38-26-8-6-21(10-29(26)45-16-19-2-3-19)18-47-31(40)13-32(41)48-28(12-23-24(34)14-39(42)15-25(23)35)22-7-9-27(49-33(36)37)30(11-22)46-17-20-4-5-20/h6-11,14-15,19-20,28,33,38H,2-5,12-13,16-18H2,1H3/t28-/m0/s1. The highest BCUT2D eigenvalue weighted by molar-refractivity contribution is 7.92. The maximum atomic E-state index is 13.1. The minimum absolute atomic E-state index is 0.00366. The third-order valence-corrected chi connectivity index (χ3v) is 8.89. The fourth-order valence-corrected chi connectivity index (χ4v) is 5.91. The van der Waals surface area contributed by atoms with E-state index in [1.165, 1.54) is 24.3 Å². The Bertz CT molecular complexity index is 1800. The smallest absolute Gasteiger partial charge is 0.387 e. The molecular weight excluding hydrogens is 725 g/mol. The molecule has 2 saturated carbocycles. The molecule has 0 unspecified atom stereocenters. The number of rotatable bonds is 18. The Morgan fingerprint density at radius 3 is 2.18 bits per heavy atom. The number of benzene rings is 2. The van der Waals surface area contributed by atoms with Gasteiger partial charge in [0.15, 0.2) is 23.9 Å². The van der Waals surface area contributed by atoms with E-state index in [0.29, 0.717) is 22.8 Å². The van der Waals surface area contributed by atoms with Crippen LogP contribution < -0.4 is 23.7 Å². The lowest BCUT2D eigenvalue weighted by atomic mass is 10.0. The Labute approximate surface area is 297 Å². The van der Waals surface area contributed by atoms with Crippen molar-refractivity contribution in [2.45, 2.75) is 57.8 Å². The van der Waals surface area contributed by atoms with Crippen molar-refractivity contribution in [2.24, 2.45) is 11.8 Å². The monoisotopic (exact) mass is 758 g/mol. The number of ether oxygens (including phenoxy) is 5. The average molecular weight is 760 g/mol. The molecule has 1 aromatic heterocycles. The number of sulfonamides is 1. The van der Waals surface area contributed by atoms with Gasteiger partial charge in [-0.2, -0.15) is 13.5 Å². The van der Waals surface area contributed by atoms with Gasteiger partial charge in [-0.05, 0) is 72.9 Å². The van der Waals surface area contributed by atoms with E-state index in [9.17, 15) is 32.0 Å². The Hall–Kier alpha value is -4.08. The zero-order chi connectivity index (χ0) is 36.0. The molecule has 2 aliphatic carbocycles. The van der Waals surface area contributed by atoms with Gasteiger partial charge < -0.3 is 28.9 Å². The number of pyridine rings is 1. The van der Waals surface area contributed by atoms with Crippen molar-refractivity contribution in [3.05, 3.63) is 80.7 Å². The van der Waals surface area contributed by atoms with Crippen LogP contribution in [-0.2, 0) is 42.1 Å². The number of alkyl halides is 2. The van der Waals surface area contributed by atoms with Crippen LogP contribution in [-0.4, -0.2) is 46.4 Å². The average Bonchev–Trinajstić information content (AvgIpc) is 3.95. The second-order valence-electron chi connectivity index (χ2n) is 12.1. The summed E-state index contributed by atoms with van der Waals surface area (Å²) in [6.07, 6.45) is 4.92. The Morgan fingerprint density at radius 1 is 0.940 bits per heavy atom. The summed E-state index contributed by atoms with van der Waals surface area (Å²) in [5.41, 5.74) is 1.24. The maximum Gasteiger partial charge on any atom is 0.387 e. The summed E-state index contributed by atoms with van der Waals surface area (Å²) < 4.78 is 79.8. The highest BCUT2D eigenvalue weighted by atomic mass is 35.5. The van der Waals surface area contributed by atoms with Gasteiger partial charge in [-0.15, -0.1) is 0 Å². The van der Waals surface area contributed by atoms with Crippen LogP contribution in [0.2, 0.25) is 10.0 Å². The van der Waals surface area contributed by atoms with E-state index in [4.69, 9.17) is 42.1 Å². The van der Waals surface area contributed by atoms with Crippen molar-refractivity contribution >= 4 is 50.9 Å². The van der Waals surface area contributed by atoms with Crippen LogP contribution in [0.1, 0.15) is 54.9 Å². The number of carbonyl (C=O) groups excluding carboxylic acids is 2. The fraction of sp³-hybridized carbons (Fsp3) is 0.424. The quantitative estimate of drug-likeness (QED) is 0.0693. The van der Waals surface area contributed by atoms with E-state index in [1.54, 1.807) is 12.1 Å². The van der Waals surface area contributed by atoms with Crippen LogP contribution in [0.25, 0.3) is 0 Å². The summed E-state index contributed by atoms with van der Waals surface area (Å²) in [7, 11) is -3.58. The molecule has 50 heavy (non-hydrogen) atoms. The van der Waals surface area contributed by atoms with Gasteiger partial charge in [0, 0.05) is 12.0 Å². The van der Waals surface area contributed by atoms with E-state index in [0.717, 1.165) is 44.3 Å². The molecule has 0 radical (unpaired) electrons. The lowest BCUT2D eigenvalue weighted by Crippen LogP contribution is -2.26. The van der Waals surface area contributed by atoms with Crippen LogP contribution in [0.4, 0.5) is 14.5 Å². The Morgan fingerprint density at radius 2 is 1.58 bits per heavy atom. The van der Waals surface area contributed by atoms with Crippen molar-refractivity contribution in [3.63, 3.8) is 0 Å². The number of hydrogen-bond acceptors (Lipinski definition) is 10. The van der Waals surface area contributed by atoms with E-state index >= 15 is 0 Å². The number of anilines is 1. The minimum Gasteiger partial charge on any atom is -0.619 e. The molecule has 270 valence electrons. The van der Waals surface area contributed by atoms with Crippen molar-refractivity contribution < 1.29 is 55.2 Å². The van der Waals surface area contributed by atoms with E-state index in [-0.39, 0.29) is 69.7 Å². The lowest BCUT2D eigenvalue weighted by Gasteiger charge is -2.21. The zero-order valence-corrected chi connectivity index (χ0v) is 29.1. The third-order valence-electron chi connectivity index (χ3n) is 7.65. The molecule has 2 aromatic carbocycles. The molecular formula is C33H34Cl2F2N2O10S. The second kappa shape index (κ2) is 16.3. The first kappa shape index (κ1) is 37.2. The summed E-state index contributed by atoms with van der Waals surface area (Å²) in [5.74, 6) is -1.20. The second-order valence-corrected chi connectivity index (χ2v) is 14.7. The van der Waals surface area contributed by atoms with Crippen molar-refractivity contribution in [3.8, 4) is 17.2 Å². The molecule has 1 atom stereocenters. The molecule has 0 aliphatic heterocycles. The summed E-state index contributed by atoms with van der Waals surface area (Å²) in [6, 6.07) is 8.60. The van der Waals surface area contributed by atoms with Gasteiger partial charge in [-0.1, -0.05) is 35.3 Å². The predicted octanol–water partition coefficient (Wildman–Crippen LogP) is 6.14. The van der Waals surface area contributed by atoms with Gasteiger partial charge in [-0.3, -0.25) is 14.3 Å². The molecule has 17 heteroatoms. The van der Waals surface area contributed by atoms with Crippen LogP contribution >= 0.6 is 23.2 Å². The number of nitrogens with one attached hydrogen (secondary N) is 1. The number of nitrogens with zero attached hydrogens (tertiary/aromatic N) is 1. The van der Waals surface area contributed by atoms with Gasteiger partial charge in [0.1, 0.15) is 34.9 Å². The highest BCUT2D eigenvalue weighted by Crippen LogP contribution is 2.38. The lowest BCUT2D eigenvalue weighted by molar-refractivity contribution is -0.605. The molecule has 2 fully saturated rings. The summed E-state index contributed by atoms with van der Waals surface area (Å²) in [4.78, 5) is 25.8. The third kappa shape index (κ3) is 11.5. The molecule has 3 aromatic rings. The largest absolute Gasteiger partial charge is 0.619 e. The van der Waals surface area contributed by atoms with Gasteiger partial charge >= 0.3 is 18.6 Å². The topological polar surface area (TPSA) is 153 Å². The van der Waals surface area contributed by atoms with Gasteiger partial charge in [0.25, 0.3) is 0 Å². The fourth-order valence-electron chi connectivity index (χ4n) is 4.75.